The van der Waals surface area contributed by atoms with Gasteiger partial charge in [-0.25, -0.2) is 0 Å². The Kier molecular flexibility index (Phi) is 7.77. The topological polar surface area (TPSA) is 99.0 Å². The SMILES string of the molecule is COc1cc(C=C2SC(=O)N(CC(C)C)C2=O)cc(I)c1OCc1ccc([N+](=O)[O-])cc1. The Hall–Kier alpha value is -2.60. The minimum Gasteiger partial charge on any atom is -0.493 e. The van der Waals surface area contributed by atoms with Crippen molar-refractivity contribution in [3.05, 3.63) is 66.1 Å². The standard InChI is InChI=1S/C22H21IN2O6S/c1-13(2)11-24-21(26)19(32-22(24)27)10-15-8-17(23)20(18(9-15)30-3)31-12-14-4-6-16(7-5-14)25(28)29/h4-10,13H,11-12H2,1-3H3. The third-order valence-corrected chi connectivity index (χ3v) is 6.21. The molecule has 32 heavy (non-hydrogen) atoms. The highest BCUT2D eigenvalue weighted by atomic mass is 127. The molecule has 1 saturated heterocycles. The number of ether oxygens (including phenoxy) is 2. The van der Waals surface area contributed by atoms with Gasteiger partial charge < -0.3 is 9.47 Å². The number of non-ortho nitro benzene ring substituents is 1. The van der Waals surface area contributed by atoms with Gasteiger partial charge in [0.1, 0.15) is 6.61 Å². The fourth-order valence-electron chi connectivity index (χ4n) is 3.01. The smallest absolute Gasteiger partial charge is 0.293 e. The van der Waals surface area contributed by atoms with Crippen molar-refractivity contribution in [1.82, 2.24) is 4.90 Å². The number of nitro benzene ring substituents is 1. The van der Waals surface area contributed by atoms with Crippen molar-refractivity contribution in [3.8, 4) is 11.5 Å². The van der Waals surface area contributed by atoms with Crippen LogP contribution in [0.25, 0.3) is 6.08 Å². The molecule has 1 heterocycles. The van der Waals surface area contributed by atoms with Crippen molar-refractivity contribution in [2.75, 3.05) is 13.7 Å². The van der Waals surface area contributed by atoms with Crippen molar-refractivity contribution in [2.45, 2.75) is 20.5 Å². The van der Waals surface area contributed by atoms with Gasteiger partial charge in [0.05, 0.1) is 20.5 Å². The first kappa shape index (κ1) is 24.1. The number of methoxy groups -OCH3 is 1. The molecular weight excluding hydrogens is 547 g/mol. The molecule has 2 amide bonds. The molecule has 1 aliphatic heterocycles. The van der Waals surface area contributed by atoms with E-state index in [1.165, 1.54) is 24.1 Å². The number of carbonyl (C=O) groups is 2. The van der Waals surface area contributed by atoms with E-state index in [9.17, 15) is 19.7 Å². The number of amides is 2. The Bertz CT molecular complexity index is 1080. The molecule has 168 valence electrons. The predicted octanol–water partition coefficient (Wildman–Crippen LogP) is 5.48. The largest absolute Gasteiger partial charge is 0.493 e. The highest BCUT2D eigenvalue weighted by Crippen LogP contribution is 2.37. The fraction of sp³-hybridized carbons (Fsp3) is 0.273. The maximum Gasteiger partial charge on any atom is 0.293 e. The summed E-state index contributed by atoms with van der Waals surface area (Å²) in [6.45, 7) is 4.50. The van der Waals surface area contributed by atoms with Gasteiger partial charge in [0.2, 0.25) is 0 Å². The summed E-state index contributed by atoms with van der Waals surface area (Å²) < 4.78 is 12.1. The van der Waals surface area contributed by atoms with Gasteiger partial charge in [-0.1, -0.05) is 13.8 Å². The van der Waals surface area contributed by atoms with Crippen LogP contribution in [0.1, 0.15) is 25.0 Å². The predicted molar refractivity (Wildman–Crippen MR) is 131 cm³/mol. The van der Waals surface area contributed by atoms with Crippen molar-refractivity contribution in [2.24, 2.45) is 5.92 Å². The molecular formula is C22H21IN2O6S. The zero-order chi connectivity index (χ0) is 23.4. The second-order valence-corrected chi connectivity index (χ2v) is 9.59. The van der Waals surface area contributed by atoms with Gasteiger partial charge in [-0.2, -0.15) is 0 Å². The molecule has 0 bridgehead atoms. The number of nitrogens with zero attached hydrogens (tertiary/aromatic N) is 2. The van der Waals surface area contributed by atoms with E-state index in [1.54, 1.807) is 24.3 Å². The van der Waals surface area contributed by atoms with E-state index < -0.39 is 4.92 Å². The molecule has 0 unspecified atom stereocenters. The van der Waals surface area contributed by atoms with Gasteiger partial charge in [0.25, 0.3) is 16.8 Å². The molecule has 2 aromatic rings. The minimum absolute atomic E-state index is 0.0167. The summed E-state index contributed by atoms with van der Waals surface area (Å²) in [6.07, 6.45) is 1.68. The average Bonchev–Trinajstić information content (AvgIpc) is 2.99. The van der Waals surface area contributed by atoms with Gasteiger partial charge in [-0.05, 0) is 81.7 Å². The van der Waals surface area contributed by atoms with E-state index in [0.29, 0.717) is 28.5 Å². The van der Waals surface area contributed by atoms with Crippen LogP contribution in [0, 0.1) is 19.6 Å². The van der Waals surface area contributed by atoms with E-state index in [4.69, 9.17) is 9.47 Å². The van der Waals surface area contributed by atoms with Crippen molar-refractivity contribution >= 4 is 57.3 Å². The molecule has 0 spiro atoms. The van der Waals surface area contributed by atoms with E-state index >= 15 is 0 Å². The molecule has 0 radical (unpaired) electrons. The second kappa shape index (κ2) is 10.3. The normalized spacial score (nSPS) is 15.0. The summed E-state index contributed by atoms with van der Waals surface area (Å²) in [5.41, 5.74) is 1.50. The molecule has 0 N–H and O–H groups in total. The highest BCUT2D eigenvalue weighted by molar-refractivity contribution is 14.1. The monoisotopic (exact) mass is 568 g/mol. The number of carbonyl (C=O) groups excluding carboxylic acids is 2. The Balaban J connectivity index is 1.79. The van der Waals surface area contributed by atoms with E-state index in [2.05, 4.69) is 22.6 Å². The van der Waals surface area contributed by atoms with E-state index in [-0.39, 0.29) is 29.4 Å². The summed E-state index contributed by atoms with van der Waals surface area (Å²) in [4.78, 5) is 36.8. The molecule has 0 atom stereocenters. The van der Waals surface area contributed by atoms with Gasteiger partial charge in [-0.15, -0.1) is 0 Å². The number of hydrogen-bond acceptors (Lipinski definition) is 7. The third-order valence-electron chi connectivity index (χ3n) is 4.50. The van der Waals surface area contributed by atoms with Crippen LogP contribution < -0.4 is 9.47 Å². The summed E-state index contributed by atoms with van der Waals surface area (Å²) in [5.74, 6) is 0.903. The molecule has 1 aliphatic rings. The molecule has 0 aromatic heterocycles. The van der Waals surface area contributed by atoms with E-state index in [0.717, 1.165) is 20.9 Å². The zero-order valence-electron chi connectivity index (χ0n) is 17.7. The van der Waals surface area contributed by atoms with Gasteiger partial charge >= 0.3 is 0 Å². The second-order valence-electron chi connectivity index (χ2n) is 7.43. The van der Waals surface area contributed by atoms with Crippen molar-refractivity contribution in [3.63, 3.8) is 0 Å². The lowest BCUT2D eigenvalue weighted by Gasteiger charge is -2.15. The number of thioether (sulfide) groups is 1. The van der Waals surface area contributed by atoms with Crippen LogP contribution >= 0.6 is 34.4 Å². The lowest BCUT2D eigenvalue weighted by Crippen LogP contribution is -2.31. The van der Waals surface area contributed by atoms with Crippen LogP contribution in [0.4, 0.5) is 10.5 Å². The molecule has 8 nitrogen and oxygen atoms in total. The lowest BCUT2D eigenvalue weighted by atomic mass is 10.1. The van der Waals surface area contributed by atoms with Crippen molar-refractivity contribution < 1.29 is 24.0 Å². The Labute approximate surface area is 203 Å². The number of rotatable bonds is 8. The molecule has 2 aromatic carbocycles. The first-order valence-electron chi connectivity index (χ1n) is 9.68. The summed E-state index contributed by atoms with van der Waals surface area (Å²) in [7, 11) is 1.52. The number of hydrogen-bond donors (Lipinski definition) is 0. The molecule has 0 aliphatic carbocycles. The van der Waals surface area contributed by atoms with Gasteiger partial charge in [0.15, 0.2) is 11.5 Å². The number of halogens is 1. The maximum atomic E-state index is 12.6. The van der Waals surface area contributed by atoms with Crippen molar-refractivity contribution in [1.29, 1.82) is 0 Å². The first-order chi connectivity index (χ1) is 15.2. The van der Waals surface area contributed by atoms with Crippen LogP contribution in [0.15, 0.2) is 41.3 Å². The Morgan fingerprint density at radius 1 is 1.22 bits per heavy atom. The lowest BCUT2D eigenvalue weighted by molar-refractivity contribution is -0.384. The molecule has 10 heteroatoms. The third kappa shape index (κ3) is 5.60. The van der Waals surface area contributed by atoms with Gasteiger partial charge in [-0.3, -0.25) is 24.6 Å². The van der Waals surface area contributed by atoms with Crippen LogP contribution in [0.5, 0.6) is 11.5 Å². The van der Waals surface area contributed by atoms with Crippen LogP contribution in [-0.2, 0) is 11.4 Å². The average molecular weight is 568 g/mol. The Morgan fingerprint density at radius 3 is 2.50 bits per heavy atom. The van der Waals surface area contributed by atoms with Crippen LogP contribution in [0.2, 0.25) is 0 Å². The number of benzene rings is 2. The summed E-state index contributed by atoms with van der Waals surface area (Å²) in [5, 5.41) is 10.5. The maximum absolute atomic E-state index is 12.6. The van der Waals surface area contributed by atoms with Crippen LogP contribution in [-0.4, -0.2) is 34.6 Å². The van der Waals surface area contributed by atoms with E-state index in [1.807, 2.05) is 19.9 Å². The summed E-state index contributed by atoms with van der Waals surface area (Å²) >= 11 is 3.04. The zero-order valence-corrected chi connectivity index (χ0v) is 20.6. The highest BCUT2D eigenvalue weighted by Gasteiger charge is 2.35. The quantitative estimate of drug-likeness (QED) is 0.180. The number of nitro groups is 1. The molecule has 0 saturated carbocycles. The Morgan fingerprint density at radius 2 is 1.91 bits per heavy atom. The molecule has 1 fully saturated rings. The first-order valence-corrected chi connectivity index (χ1v) is 11.6. The fourth-order valence-corrected chi connectivity index (χ4v) is 4.64. The minimum atomic E-state index is -0.452. The number of imide groups is 1. The van der Waals surface area contributed by atoms with Gasteiger partial charge in [0, 0.05) is 18.7 Å². The molecule has 3 rings (SSSR count). The summed E-state index contributed by atoms with van der Waals surface area (Å²) in [6, 6.07) is 9.71. The van der Waals surface area contributed by atoms with Crippen LogP contribution in [0.3, 0.4) is 0 Å².